The lowest BCUT2D eigenvalue weighted by Crippen LogP contribution is -2.21. The number of ether oxygens (including phenoxy) is 1. The first-order chi connectivity index (χ1) is 15.3. The molecule has 0 spiro atoms. The second-order valence-corrected chi connectivity index (χ2v) is 8.07. The van der Waals surface area contributed by atoms with Crippen LogP contribution in [0, 0.1) is 11.8 Å². The van der Waals surface area contributed by atoms with Crippen molar-refractivity contribution < 1.29 is 9.84 Å². The van der Waals surface area contributed by atoms with Crippen molar-refractivity contribution in [2.75, 3.05) is 0 Å². The van der Waals surface area contributed by atoms with Crippen LogP contribution in [0.5, 0.6) is 11.5 Å². The Bertz CT molecular complexity index is 1090. The summed E-state index contributed by atoms with van der Waals surface area (Å²) in [6.45, 7) is 18.7. The average Bonchev–Trinajstić information content (AvgIpc) is 2.79. The molecular formula is C30H34O2. The minimum atomic E-state index is -0.0285. The van der Waals surface area contributed by atoms with Gasteiger partial charge in [-0.25, -0.2) is 0 Å². The monoisotopic (exact) mass is 426 g/mol. The number of allylic oxidation sites excluding steroid dienone is 6. The summed E-state index contributed by atoms with van der Waals surface area (Å²) in [6.07, 6.45) is 6.64. The highest BCUT2D eigenvalue weighted by atomic mass is 16.5. The Labute approximate surface area is 193 Å². The Hall–Kier alpha value is -3.44. The summed E-state index contributed by atoms with van der Waals surface area (Å²) in [6, 6.07) is 13.7. The highest BCUT2D eigenvalue weighted by Gasteiger charge is 2.25. The van der Waals surface area contributed by atoms with Gasteiger partial charge in [0.05, 0.1) is 0 Å². The summed E-state index contributed by atoms with van der Waals surface area (Å²) in [5.41, 5.74) is 5.96. The second kappa shape index (κ2) is 11.3. The van der Waals surface area contributed by atoms with Gasteiger partial charge in [-0.3, -0.25) is 0 Å². The van der Waals surface area contributed by atoms with E-state index >= 15 is 0 Å². The minimum Gasteiger partial charge on any atom is -0.508 e. The van der Waals surface area contributed by atoms with Gasteiger partial charge < -0.3 is 9.84 Å². The Morgan fingerprint density at radius 3 is 2.41 bits per heavy atom. The highest BCUT2D eigenvalue weighted by molar-refractivity contribution is 5.82. The lowest BCUT2D eigenvalue weighted by Gasteiger charge is -2.29. The molecule has 166 valence electrons. The van der Waals surface area contributed by atoms with E-state index in [9.17, 15) is 5.11 Å². The van der Waals surface area contributed by atoms with Crippen molar-refractivity contribution in [2.24, 2.45) is 0 Å². The molecule has 2 heteroatoms. The molecule has 2 aromatic carbocycles. The van der Waals surface area contributed by atoms with Gasteiger partial charge in [-0.1, -0.05) is 81.0 Å². The van der Waals surface area contributed by atoms with Gasteiger partial charge in [0.15, 0.2) is 0 Å². The molecule has 0 radical (unpaired) electrons. The lowest BCUT2D eigenvalue weighted by molar-refractivity contribution is 0.304. The molecule has 1 N–H and O–H groups in total. The van der Waals surface area contributed by atoms with Gasteiger partial charge in [0, 0.05) is 17.1 Å². The van der Waals surface area contributed by atoms with Crippen molar-refractivity contribution in [3.8, 4) is 23.3 Å². The van der Waals surface area contributed by atoms with Crippen molar-refractivity contribution in [3.63, 3.8) is 0 Å². The van der Waals surface area contributed by atoms with Gasteiger partial charge in [0.1, 0.15) is 18.1 Å². The third kappa shape index (κ3) is 5.83. The Morgan fingerprint density at radius 1 is 1.19 bits per heavy atom. The van der Waals surface area contributed by atoms with E-state index in [1.807, 2.05) is 25.1 Å². The van der Waals surface area contributed by atoms with E-state index in [2.05, 4.69) is 70.0 Å². The van der Waals surface area contributed by atoms with Gasteiger partial charge in [0.2, 0.25) is 0 Å². The predicted octanol–water partition coefficient (Wildman–Crippen LogP) is 7.75. The number of rotatable bonds is 9. The van der Waals surface area contributed by atoms with Crippen molar-refractivity contribution in [1.82, 2.24) is 0 Å². The predicted molar refractivity (Wildman–Crippen MR) is 137 cm³/mol. The summed E-state index contributed by atoms with van der Waals surface area (Å²) in [5.74, 6) is 6.73. The van der Waals surface area contributed by atoms with Crippen molar-refractivity contribution in [1.29, 1.82) is 0 Å². The summed E-state index contributed by atoms with van der Waals surface area (Å²) in [5, 5.41) is 10.3. The van der Waals surface area contributed by atoms with Crippen LogP contribution in [0.2, 0.25) is 0 Å². The molecule has 0 saturated carbocycles. The molecule has 1 unspecified atom stereocenters. The van der Waals surface area contributed by atoms with E-state index in [0.29, 0.717) is 12.4 Å². The van der Waals surface area contributed by atoms with E-state index < -0.39 is 0 Å². The van der Waals surface area contributed by atoms with Crippen LogP contribution in [0.3, 0.4) is 0 Å². The van der Waals surface area contributed by atoms with E-state index in [1.165, 1.54) is 5.56 Å². The van der Waals surface area contributed by atoms with E-state index in [-0.39, 0.29) is 11.2 Å². The summed E-state index contributed by atoms with van der Waals surface area (Å²) in [4.78, 5) is 0. The Morgan fingerprint density at radius 2 is 1.88 bits per heavy atom. The minimum absolute atomic E-state index is 0.0285. The number of phenols is 1. The summed E-state index contributed by atoms with van der Waals surface area (Å²) >= 11 is 0. The van der Waals surface area contributed by atoms with Crippen LogP contribution in [-0.2, 0) is 12.0 Å². The molecule has 2 nitrogen and oxygen atoms in total. The normalized spacial score (nSPS) is 13.5. The van der Waals surface area contributed by atoms with Crippen molar-refractivity contribution in [2.45, 2.75) is 53.1 Å². The third-order valence-corrected chi connectivity index (χ3v) is 5.94. The third-order valence-electron chi connectivity index (χ3n) is 5.94. The molecule has 0 aliphatic carbocycles. The quantitative estimate of drug-likeness (QED) is 0.252. The molecule has 0 aromatic heterocycles. The molecular weight excluding hydrogens is 392 g/mol. The number of benzene rings is 2. The van der Waals surface area contributed by atoms with Gasteiger partial charge in [0.25, 0.3) is 0 Å². The first-order valence-corrected chi connectivity index (χ1v) is 10.9. The standard InChI is InChI=1S/C30H34O2/c1-8-12-24(10-3)29(13-9-2)25-18-27(31)20-28(19-25)32-21-23-14-16-26(17-15-23)30(7,11-4)22(5)6/h9-10,13-20,31H,3,5,11,21H2,1-2,4,6-7H3. The smallest absolute Gasteiger partial charge is 0.124 e. The SMILES string of the molecule is C=CC(C#CC)=C(C=CC)c1cc(O)cc(OCc2ccc(C(C)(CC)C(=C)C)cc2)c1. The maximum Gasteiger partial charge on any atom is 0.124 e. The van der Waals surface area contributed by atoms with Crippen LogP contribution in [0.4, 0.5) is 0 Å². The topological polar surface area (TPSA) is 29.5 Å². The molecule has 0 bridgehead atoms. The van der Waals surface area contributed by atoms with Crippen LogP contribution >= 0.6 is 0 Å². The van der Waals surface area contributed by atoms with Crippen molar-refractivity contribution >= 4 is 5.57 Å². The second-order valence-electron chi connectivity index (χ2n) is 8.07. The number of phenolic OH excluding ortho intramolecular Hbond substituents is 1. The van der Waals surface area contributed by atoms with Crippen LogP contribution in [0.15, 0.2) is 85.0 Å². The largest absolute Gasteiger partial charge is 0.508 e. The number of hydrogen-bond donors (Lipinski definition) is 1. The number of aromatic hydroxyl groups is 1. The molecule has 0 aliphatic heterocycles. The first kappa shape index (κ1) is 24.8. The zero-order valence-corrected chi connectivity index (χ0v) is 20.0. The lowest BCUT2D eigenvalue weighted by atomic mass is 9.75. The molecule has 2 aromatic rings. The molecule has 0 saturated heterocycles. The fraction of sp³-hybridized carbons (Fsp3) is 0.267. The molecule has 0 amide bonds. The zero-order valence-electron chi connectivity index (χ0n) is 20.0. The maximum absolute atomic E-state index is 10.3. The van der Waals surface area contributed by atoms with Crippen LogP contribution in [0.1, 0.15) is 57.7 Å². The molecule has 0 fully saturated rings. The highest BCUT2D eigenvalue weighted by Crippen LogP contribution is 2.34. The first-order valence-electron chi connectivity index (χ1n) is 10.9. The Balaban J connectivity index is 2.30. The molecule has 32 heavy (non-hydrogen) atoms. The van der Waals surface area contributed by atoms with Crippen LogP contribution in [-0.4, -0.2) is 5.11 Å². The fourth-order valence-electron chi connectivity index (χ4n) is 3.58. The van der Waals surface area contributed by atoms with E-state index in [0.717, 1.165) is 34.3 Å². The van der Waals surface area contributed by atoms with Crippen molar-refractivity contribution in [3.05, 3.63) is 102 Å². The molecule has 0 aliphatic rings. The summed E-state index contributed by atoms with van der Waals surface area (Å²) in [7, 11) is 0. The average molecular weight is 427 g/mol. The van der Waals surface area contributed by atoms with E-state index in [1.54, 1.807) is 25.1 Å². The van der Waals surface area contributed by atoms with Gasteiger partial charge in [-0.15, -0.1) is 5.92 Å². The van der Waals surface area contributed by atoms with Gasteiger partial charge in [-0.2, -0.15) is 0 Å². The number of hydrogen-bond acceptors (Lipinski definition) is 2. The molecule has 0 heterocycles. The van der Waals surface area contributed by atoms with Crippen LogP contribution < -0.4 is 4.74 Å². The van der Waals surface area contributed by atoms with Crippen LogP contribution in [0.25, 0.3) is 5.57 Å². The van der Waals surface area contributed by atoms with Gasteiger partial charge >= 0.3 is 0 Å². The van der Waals surface area contributed by atoms with E-state index in [4.69, 9.17) is 4.74 Å². The zero-order chi connectivity index (χ0) is 23.7. The molecule has 1 atom stereocenters. The molecule has 2 rings (SSSR count). The Kier molecular flexibility index (Phi) is 8.73. The fourth-order valence-corrected chi connectivity index (χ4v) is 3.58. The maximum atomic E-state index is 10.3. The van der Waals surface area contributed by atoms with Gasteiger partial charge in [-0.05, 0) is 61.6 Å². The summed E-state index contributed by atoms with van der Waals surface area (Å²) < 4.78 is 6.03.